The molecular weight excluding hydrogens is 278 g/mol. The SMILES string of the molecule is CC(=O)C(=[N+]=[N-])C(=O)N(C)C(=O)CCCc1cccs1. The van der Waals surface area contributed by atoms with Crippen molar-refractivity contribution < 1.29 is 19.2 Å². The second-order valence-corrected chi connectivity index (χ2v) is 5.23. The van der Waals surface area contributed by atoms with E-state index in [1.165, 1.54) is 11.9 Å². The van der Waals surface area contributed by atoms with E-state index in [0.29, 0.717) is 6.42 Å². The van der Waals surface area contributed by atoms with Crippen molar-refractivity contribution in [2.75, 3.05) is 7.05 Å². The van der Waals surface area contributed by atoms with Gasteiger partial charge in [0, 0.05) is 25.3 Å². The minimum atomic E-state index is -0.888. The van der Waals surface area contributed by atoms with Crippen LogP contribution < -0.4 is 0 Å². The van der Waals surface area contributed by atoms with Crippen molar-refractivity contribution in [2.45, 2.75) is 26.2 Å². The number of amides is 2. The van der Waals surface area contributed by atoms with E-state index in [1.54, 1.807) is 11.3 Å². The van der Waals surface area contributed by atoms with Crippen LogP contribution in [0.1, 0.15) is 24.6 Å². The molecule has 0 aliphatic rings. The summed E-state index contributed by atoms with van der Waals surface area (Å²) in [6, 6.07) is 3.92. The van der Waals surface area contributed by atoms with Crippen molar-refractivity contribution in [2.24, 2.45) is 0 Å². The van der Waals surface area contributed by atoms with E-state index in [4.69, 9.17) is 5.53 Å². The van der Waals surface area contributed by atoms with Crippen LogP contribution in [0.25, 0.3) is 5.53 Å². The third kappa shape index (κ3) is 4.22. The Morgan fingerprint density at radius 1 is 1.40 bits per heavy atom. The Morgan fingerprint density at radius 3 is 2.60 bits per heavy atom. The number of nitrogens with zero attached hydrogens (tertiary/aromatic N) is 3. The van der Waals surface area contributed by atoms with Crippen LogP contribution in [0.2, 0.25) is 0 Å². The second kappa shape index (κ2) is 7.47. The first-order valence-corrected chi connectivity index (χ1v) is 6.91. The summed E-state index contributed by atoms with van der Waals surface area (Å²) >= 11 is 1.61. The minimum Gasteiger partial charge on any atom is -0.360 e. The molecule has 1 heterocycles. The fourth-order valence-electron chi connectivity index (χ4n) is 1.57. The summed E-state index contributed by atoms with van der Waals surface area (Å²) in [6.07, 6.45) is 1.57. The number of carbonyl (C=O) groups is 3. The summed E-state index contributed by atoms with van der Waals surface area (Å²) in [6.45, 7) is 1.10. The Bertz CT molecular complexity index is 559. The van der Waals surface area contributed by atoms with E-state index < -0.39 is 23.3 Å². The van der Waals surface area contributed by atoms with Gasteiger partial charge in [0.05, 0.1) is 0 Å². The summed E-state index contributed by atoms with van der Waals surface area (Å²) < 4.78 is 0. The van der Waals surface area contributed by atoms with Gasteiger partial charge in [-0.2, -0.15) is 4.79 Å². The van der Waals surface area contributed by atoms with Gasteiger partial charge in [-0.25, -0.2) is 0 Å². The van der Waals surface area contributed by atoms with Crippen molar-refractivity contribution in [1.82, 2.24) is 4.90 Å². The molecule has 1 rings (SSSR count). The smallest absolute Gasteiger partial charge is 0.360 e. The summed E-state index contributed by atoms with van der Waals surface area (Å²) in [5, 5.41) is 1.96. The van der Waals surface area contributed by atoms with Crippen molar-refractivity contribution in [1.29, 1.82) is 0 Å². The van der Waals surface area contributed by atoms with Gasteiger partial charge in [-0.3, -0.25) is 19.3 Å². The molecule has 0 unspecified atom stereocenters. The third-order valence-electron chi connectivity index (χ3n) is 2.71. The number of hydrogen-bond donors (Lipinski definition) is 0. The molecule has 0 aliphatic heterocycles. The largest absolute Gasteiger partial charge is 0.421 e. The third-order valence-corrected chi connectivity index (χ3v) is 3.64. The van der Waals surface area contributed by atoms with Gasteiger partial charge in [-0.1, -0.05) is 6.07 Å². The number of thiophene rings is 1. The van der Waals surface area contributed by atoms with E-state index >= 15 is 0 Å². The molecule has 0 bridgehead atoms. The van der Waals surface area contributed by atoms with Gasteiger partial charge < -0.3 is 5.53 Å². The molecule has 6 nitrogen and oxygen atoms in total. The summed E-state index contributed by atoms with van der Waals surface area (Å²) in [5.41, 5.74) is 7.97. The predicted molar refractivity (Wildman–Crippen MR) is 74.3 cm³/mol. The Morgan fingerprint density at radius 2 is 2.10 bits per heavy atom. The molecule has 20 heavy (non-hydrogen) atoms. The zero-order chi connectivity index (χ0) is 15.1. The average Bonchev–Trinajstić information content (AvgIpc) is 2.91. The van der Waals surface area contributed by atoms with Crippen LogP contribution in [0.5, 0.6) is 0 Å². The maximum Gasteiger partial charge on any atom is 0.421 e. The monoisotopic (exact) mass is 293 g/mol. The molecule has 0 aliphatic carbocycles. The number of aryl methyl sites for hydroxylation is 1. The summed E-state index contributed by atoms with van der Waals surface area (Å²) in [7, 11) is 1.27. The molecule has 0 saturated heterocycles. The molecule has 1 aromatic heterocycles. The Hall–Kier alpha value is -2.11. The molecule has 0 atom stereocenters. The number of rotatable bonds is 6. The Balaban J connectivity index is 2.52. The maximum atomic E-state index is 11.8. The molecular formula is C13H15N3O3S. The molecule has 7 heteroatoms. The Kier molecular flexibility index (Phi) is 5.96. The molecule has 0 radical (unpaired) electrons. The van der Waals surface area contributed by atoms with Crippen LogP contribution in [-0.2, 0) is 20.8 Å². The van der Waals surface area contributed by atoms with Crippen LogP contribution in [0.3, 0.4) is 0 Å². The van der Waals surface area contributed by atoms with Crippen molar-refractivity contribution in [3.05, 3.63) is 27.9 Å². The molecule has 0 N–H and O–H groups in total. The zero-order valence-corrected chi connectivity index (χ0v) is 12.1. The number of Topliss-reactive ketones (excluding diaryl/α,β-unsaturated/α-hetero) is 1. The first-order valence-electron chi connectivity index (χ1n) is 6.03. The van der Waals surface area contributed by atoms with Gasteiger partial charge in [0.25, 0.3) is 0 Å². The number of imide groups is 1. The highest BCUT2D eigenvalue weighted by molar-refractivity contribution is 7.09. The molecule has 0 saturated carbocycles. The quantitative estimate of drug-likeness (QED) is 0.343. The second-order valence-electron chi connectivity index (χ2n) is 4.20. The zero-order valence-electron chi connectivity index (χ0n) is 11.3. The molecule has 0 spiro atoms. The van der Waals surface area contributed by atoms with Crippen molar-refractivity contribution in [3.8, 4) is 0 Å². The van der Waals surface area contributed by atoms with Gasteiger partial charge in [0.2, 0.25) is 11.7 Å². The maximum absolute atomic E-state index is 11.8. The number of hydrogen-bond acceptors (Lipinski definition) is 4. The fourth-order valence-corrected chi connectivity index (χ4v) is 2.32. The molecule has 2 amide bonds. The van der Waals surface area contributed by atoms with Crippen LogP contribution in [0.15, 0.2) is 17.5 Å². The van der Waals surface area contributed by atoms with Gasteiger partial charge in [0.15, 0.2) is 0 Å². The lowest BCUT2D eigenvalue weighted by Crippen LogP contribution is -2.41. The lowest BCUT2D eigenvalue weighted by atomic mass is 10.2. The first-order chi connectivity index (χ1) is 9.47. The summed E-state index contributed by atoms with van der Waals surface area (Å²) in [4.78, 5) is 39.2. The van der Waals surface area contributed by atoms with E-state index in [-0.39, 0.29) is 6.42 Å². The van der Waals surface area contributed by atoms with Gasteiger partial charge in [0.1, 0.15) is 0 Å². The lowest BCUT2D eigenvalue weighted by molar-refractivity contribution is -0.142. The average molecular weight is 293 g/mol. The number of ketones is 1. The molecule has 106 valence electrons. The standard InChI is InChI=1S/C13H15N3O3S/c1-9(17)12(15-14)13(19)16(2)11(18)7-3-5-10-6-4-8-20-10/h4,6,8H,3,5,7H2,1-2H3. The van der Waals surface area contributed by atoms with E-state index in [9.17, 15) is 14.4 Å². The highest BCUT2D eigenvalue weighted by Crippen LogP contribution is 2.12. The normalized spacial score (nSPS) is 9.70. The minimum absolute atomic E-state index is 0.191. The molecule has 0 fully saturated rings. The van der Waals surface area contributed by atoms with Gasteiger partial charge in [-0.05, 0) is 24.3 Å². The highest BCUT2D eigenvalue weighted by Gasteiger charge is 2.31. The van der Waals surface area contributed by atoms with Crippen molar-refractivity contribution >= 4 is 34.6 Å². The van der Waals surface area contributed by atoms with Crippen LogP contribution in [-0.4, -0.2) is 40.0 Å². The van der Waals surface area contributed by atoms with E-state index in [1.807, 2.05) is 17.5 Å². The predicted octanol–water partition coefficient (Wildman–Crippen LogP) is 1.32. The topological polar surface area (TPSA) is 90.8 Å². The first kappa shape index (κ1) is 15.9. The Labute approximate surface area is 120 Å². The van der Waals surface area contributed by atoms with Gasteiger partial charge in [-0.15, -0.1) is 11.3 Å². The van der Waals surface area contributed by atoms with Crippen LogP contribution in [0, 0.1) is 0 Å². The lowest BCUT2D eigenvalue weighted by Gasteiger charge is -2.11. The van der Waals surface area contributed by atoms with E-state index in [2.05, 4.69) is 4.79 Å². The summed E-state index contributed by atoms with van der Waals surface area (Å²) in [5.74, 6) is -1.98. The molecule has 0 aromatic carbocycles. The van der Waals surface area contributed by atoms with Crippen molar-refractivity contribution in [3.63, 3.8) is 0 Å². The van der Waals surface area contributed by atoms with Crippen LogP contribution >= 0.6 is 11.3 Å². The van der Waals surface area contributed by atoms with E-state index in [0.717, 1.165) is 18.2 Å². The fraction of sp³-hybridized carbons (Fsp3) is 0.385. The van der Waals surface area contributed by atoms with Crippen LogP contribution in [0.4, 0.5) is 0 Å². The number of carbonyl (C=O) groups excluding carboxylic acids is 3. The molecule has 1 aromatic rings. The highest BCUT2D eigenvalue weighted by atomic mass is 32.1. The van der Waals surface area contributed by atoms with Gasteiger partial charge >= 0.3 is 11.6 Å².